The van der Waals surface area contributed by atoms with Gasteiger partial charge in [0.05, 0.1) is 25.0 Å². The first-order valence-corrected chi connectivity index (χ1v) is 19.3. The molecule has 20 nitrogen and oxygen atoms in total. The van der Waals surface area contributed by atoms with Gasteiger partial charge in [-0.2, -0.15) is 0 Å². The van der Waals surface area contributed by atoms with Crippen LogP contribution in [-0.4, -0.2) is 148 Å². The van der Waals surface area contributed by atoms with E-state index in [9.17, 15) is 70.9 Å². The second-order valence-electron chi connectivity index (χ2n) is 15.4. The number of rotatable bonds is 9. The Morgan fingerprint density at radius 3 is 1.16 bits per heavy atom. The molecule has 8 rings (SSSR count). The summed E-state index contributed by atoms with van der Waals surface area (Å²) in [5.74, 6) is -10.7. The van der Waals surface area contributed by atoms with Gasteiger partial charge in [0.1, 0.15) is 94.8 Å². The number of carbonyl (C=O) groups excluding carboxylic acids is 2. The fourth-order valence-electron chi connectivity index (χ4n) is 8.53. The van der Waals surface area contributed by atoms with Gasteiger partial charge in [0.15, 0.2) is 0 Å². The van der Waals surface area contributed by atoms with Gasteiger partial charge in [0.2, 0.25) is 12.6 Å². The van der Waals surface area contributed by atoms with Crippen molar-refractivity contribution in [2.24, 2.45) is 11.8 Å². The molecule has 20 heteroatoms. The van der Waals surface area contributed by atoms with Gasteiger partial charge in [-0.15, -0.1) is 0 Å². The van der Waals surface area contributed by atoms with Gasteiger partial charge >= 0.3 is 11.9 Å². The summed E-state index contributed by atoms with van der Waals surface area (Å²) >= 11 is 0. The van der Waals surface area contributed by atoms with Crippen LogP contribution in [0.1, 0.15) is 34.1 Å². The van der Waals surface area contributed by atoms with Crippen LogP contribution in [0.15, 0.2) is 72.8 Å². The highest BCUT2D eigenvalue weighted by Gasteiger charge is 2.56. The number of aliphatic hydroxyl groups excluding tert-OH is 8. The lowest BCUT2D eigenvalue weighted by atomic mass is 9.65. The minimum Gasteiger partial charge on any atom is -0.508 e. The summed E-state index contributed by atoms with van der Waals surface area (Å²) in [4.78, 5) is 29.3. The topological polar surface area (TPSA) is 332 Å². The fraction of sp³-hybridized carbons (Fsp3) is 0.381. The standard InChI is InChI=1S/C42H42O20/c43-13-25-33(49)35(51)37(53)41(61-25)59-23-11-19(47)9-21-29(23)27(15-1-5-17(45)6-2-15)31(39(55)57-21)32-28(16-3-7-18(46)8-4-16)30-22(58-40(32)56)10-20(48)12-24(30)60-42-38(54)36(52)34(50)26(14-44)62-42/h1-12,25-28,31-38,41-54H,13-14H2/t25-,26-,27-,28-,31+,32?,33-,34-,35+,36+,37-,38-,41-,42-/m1/s1. The van der Waals surface area contributed by atoms with Crippen molar-refractivity contribution in [3.8, 4) is 46.0 Å². The van der Waals surface area contributed by atoms with E-state index in [1.807, 2.05) is 0 Å². The van der Waals surface area contributed by atoms with Crippen LogP contribution in [-0.2, 0) is 19.1 Å². The van der Waals surface area contributed by atoms with E-state index in [2.05, 4.69) is 0 Å². The molecule has 1 unspecified atom stereocenters. The van der Waals surface area contributed by atoms with E-state index < -0.39 is 122 Å². The number of fused-ring (bicyclic) bond motifs is 2. The van der Waals surface area contributed by atoms with Crippen molar-refractivity contribution in [2.75, 3.05) is 13.2 Å². The second kappa shape index (κ2) is 16.8. The number of aliphatic hydroxyl groups is 8. The highest BCUT2D eigenvalue weighted by molar-refractivity contribution is 5.91. The Bertz CT molecular complexity index is 2140. The van der Waals surface area contributed by atoms with Crippen LogP contribution in [0.5, 0.6) is 46.0 Å². The smallest absolute Gasteiger partial charge is 0.316 e. The molecule has 4 aromatic rings. The van der Waals surface area contributed by atoms with E-state index in [0.29, 0.717) is 0 Å². The third-order valence-corrected chi connectivity index (χ3v) is 11.6. The maximum Gasteiger partial charge on any atom is 0.316 e. The lowest BCUT2D eigenvalue weighted by Gasteiger charge is -2.43. The highest BCUT2D eigenvalue weighted by Crippen LogP contribution is 2.58. The Hall–Kier alpha value is -5.78. The first kappa shape index (κ1) is 42.9. The van der Waals surface area contributed by atoms with Crippen molar-refractivity contribution in [1.82, 2.24) is 0 Å². The molecule has 0 saturated carbocycles. The van der Waals surface area contributed by atoms with Crippen LogP contribution < -0.4 is 18.9 Å². The number of aromatic hydroxyl groups is 4. The summed E-state index contributed by atoms with van der Waals surface area (Å²) in [6.45, 7) is -1.61. The normalized spacial score (nSPS) is 33.1. The van der Waals surface area contributed by atoms with Gasteiger partial charge in [0.25, 0.3) is 0 Å². The molecule has 2 fully saturated rings. The molecule has 62 heavy (non-hydrogen) atoms. The van der Waals surface area contributed by atoms with Crippen LogP contribution in [0, 0.1) is 11.8 Å². The molecule has 0 radical (unpaired) electrons. The summed E-state index contributed by atoms with van der Waals surface area (Å²) in [6, 6.07) is 15.2. The van der Waals surface area contributed by atoms with E-state index in [1.54, 1.807) is 0 Å². The van der Waals surface area contributed by atoms with Crippen LogP contribution in [0.3, 0.4) is 0 Å². The van der Waals surface area contributed by atoms with Crippen molar-refractivity contribution < 1.29 is 99.3 Å². The number of carbonyl (C=O) groups is 2. The number of hydrogen-bond donors (Lipinski definition) is 12. The van der Waals surface area contributed by atoms with Gasteiger partial charge in [-0.1, -0.05) is 24.3 Å². The van der Waals surface area contributed by atoms with Gasteiger partial charge in [0, 0.05) is 47.2 Å². The lowest BCUT2D eigenvalue weighted by Crippen LogP contribution is -2.60. The highest BCUT2D eigenvalue weighted by atomic mass is 16.7. The third-order valence-electron chi connectivity index (χ3n) is 11.6. The predicted molar refractivity (Wildman–Crippen MR) is 203 cm³/mol. The fourth-order valence-corrected chi connectivity index (χ4v) is 8.53. The van der Waals surface area contributed by atoms with Crippen LogP contribution in [0.2, 0.25) is 0 Å². The SMILES string of the molecule is O=C1Oc2cc(O)cc(O[C@@H]3O[C@H](CO)[C@@H](O)[C@H](O)[C@H]3O)c2[C@@H](c2ccc(O)cc2)C1[C@H]1C(=O)Oc2cc(O)cc(O[C@@H]3O[C@H](CO)[C@@H](O)[C@H](O)[C@H]3O)c2[C@H]1c1ccc(O)cc1. The van der Waals surface area contributed by atoms with Crippen molar-refractivity contribution >= 4 is 11.9 Å². The molecule has 0 spiro atoms. The maximum atomic E-state index is 14.7. The number of hydrogen-bond acceptors (Lipinski definition) is 20. The van der Waals surface area contributed by atoms with Crippen molar-refractivity contribution in [3.05, 3.63) is 95.1 Å². The van der Waals surface area contributed by atoms with E-state index in [4.69, 9.17) is 28.4 Å². The summed E-state index contributed by atoms with van der Waals surface area (Å²) in [6.07, 6.45) is -17.5. The minimum absolute atomic E-state index is 0.0263. The van der Waals surface area contributed by atoms with E-state index in [1.165, 1.54) is 48.5 Å². The number of benzene rings is 4. The Labute approximate surface area is 350 Å². The Morgan fingerprint density at radius 1 is 0.468 bits per heavy atom. The summed E-state index contributed by atoms with van der Waals surface area (Å²) in [7, 11) is 0. The molecule has 0 aliphatic carbocycles. The number of phenolic OH excluding ortho intramolecular Hbond substituents is 4. The number of ether oxygens (including phenoxy) is 6. The third kappa shape index (κ3) is 7.59. The molecular weight excluding hydrogens is 824 g/mol. The second-order valence-corrected chi connectivity index (χ2v) is 15.4. The van der Waals surface area contributed by atoms with Gasteiger partial charge in [-0.3, -0.25) is 9.59 Å². The Balaban J connectivity index is 1.31. The molecule has 12 N–H and O–H groups in total. The molecule has 4 heterocycles. The largest absolute Gasteiger partial charge is 0.508 e. The first-order chi connectivity index (χ1) is 29.6. The molecule has 4 aliphatic heterocycles. The average Bonchev–Trinajstić information content (AvgIpc) is 3.23. The molecule has 2 saturated heterocycles. The first-order valence-electron chi connectivity index (χ1n) is 19.3. The van der Waals surface area contributed by atoms with Crippen LogP contribution in [0.4, 0.5) is 0 Å². The van der Waals surface area contributed by atoms with E-state index in [-0.39, 0.29) is 56.8 Å². The molecular formula is C42H42O20. The molecule has 4 aliphatic rings. The van der Waals surface area contributed by atoms with Gasteiger partial charge < -0.3 is 89.7 Å². The lowest BCUT2D eigenvalue weighted by molar-refractivity contribution is -0.277. The van der Waals surface area contributed by atoms with E-state index in [0.717, 1.165) is 24.3 Å². The molecule has 330 valence electrons. The summed E-state index contributed by atoms with van der Waals surface area (Å²) in [5.41, 5.74) is 0.450. The summed E-state index contributed by atoms with van der Waals surface area (Å²) in [5, 5.41) is 126. The minimum atomic E-state index is -1.93. The van der Waals surface area contributed by atoms with Crippen molar-refractivity contribution in [3.63, 3.8) is 0 Å². The van der Waals surface area contributed by atoms with Crippen molar-refractivity contribution in [1.29, 1.82) is 0 Å². The van der Waals surface area contributed by atoms with Crippen LogP contribution >= 0.6 is 0 Å². The summed E-state index contributed by atoms with van der Waals surface area (Å²) < 4.78 is 35.0. The zero-order valence-electron chi connectivity index (χ0n) is 32.1. The number of esters is 2. The maximum absolute atomic E-state index is 14.7. The molecule has 0 amide bonds. The van der Waals surface area contributed by atoms with Crippen molar-refractivity contribution in [2.45, 2.75) is 73.2 Å². The molecule has 0 bridgehead atoms. The van der Waals surface area contributed by atoms with E-state index >= 15 is 0 Å². The average molecular weight is 867 g/mol. The van der Waals surface area contributed by atoms with Gasteiger partial charge in [-0.05, 0) is 35.4 Å². The molecule has 14 atom stereocenters. The zero-order valence-corrected chi connectivity index (χ0v) is 32.1. The predicted octanol–water partition coefficient (Wildman–Crippen LogP) is -1.10. The number of phenols is 4. The van der Waals surface area contributed by atoms with Gasteiger partial charge in [-0.25, -0.2) is 0 Å². The quantitative estimate of drug-likeness (QED) is 0.0702. The van der Waals surface area contributed by atoms with Crippen LogP contribution in [0.25, 0.3) is 0 Å². The Morgan fingerprint density at radius 2 is 0.823 bits per heavy atom. The zero-order chi connectivity index (χ0) is 44.3. The molecule has 0 aromatic heterocycles. The monoisotopic (exact) mass is 866 g/mol. The Kier molecular flexibility index (Phi) is 11.6. The molecule has 4 aromatic carbocycles.